The van der Waals surface area contributed by atoms with Gasteiger partial charge >= 0.3 is 0 Å². The van der Waals surface area contributed by atoms with Crippen molar-refractivity contribution in [2.45, 2.75) is 59.3 Å². The second kappa shape index (κ2) is 2.49. The van der Waals surface area contributed by atoms with E-state index in [1.165, 1.54) is 32.1 Å². The summed E-state index contributed by atoms with van der Waals surface area (Å²) in [5.74, 6) is 1.12. The quantitative estimate of drug-likeness (QED) is 0.552. The molecule has 0 aliphatic heterocycles. The molecule has 0 N–H and O–H groups in total. The van der Waals surface area contributed by atoms with Crippen LogP contribution < -0.4 is 0 Å². The molecule has 2 rings (SSSR count). The molecular formula is C12H22. The van der Waals surface area contributed by atoms with E-state index in [9.17, 15) is 0 Å². The van der Waals surface area contributed by atoms with Gasteiger partial charge in [-0.05, 0) is 55.3 Å². The first-order chi connectivity index (χ1) is 5.49. The smallest absolute Gasteiger partial charge is 0.0290 e. The predicted octanol–water partition coefficient (Wildman–Crippen LogP) is 4.00. The van der Waals surface area contributed by atoms with Crippen LogP contribution in [-0.2, 0) is 0 Å². The molecule has 2 bridgehead atoms. The van der Waals surface area contributed by atoms with E-state index in [0.717, 1.165) is 11.3 Å². The van der Waals surface area contributed by atoms with Crippen LogP contribution in [0.5, 0.6) is 0 Å². The zero-order valence-corrected chi connectivity index (χ0v) is 8.82. The average molecular weight is 166 g/mol. The van der Waals surface area contributed by atoms with E-state index in [1.54, 1.807) is 6.42 Å². The first kappa shape index (κ1) is 8.59. The van der Waals surface area contributed by atoms with Crippen molar-refractivity contribution >= 4 is 0 Å². The standard InChI is InChI=1S/C12H22/c1-11(2,3)9-12-6-4-10(8-12)5-7-12/h10H,4-9H2,1-3H3. The third kappa shape index (κ3) is 1.53. The molecule has 0 aromatic heterocycles. The molecule has 2 fully saturated rings. The molecule has 0 aromatic rings. The molecule has 0 radical (unpaired) electrons. The van der Waals surface area contributed by atoms with Gasteiger partial charge in [0.15, 0.2) is 0 Å². The molecule has 0 unspecified atom stereocenters. The Hall–Kier alpha value is 0. The molecule has 0 saturated heterocycles. The summed E-state index contributed by atoms with van der Waals surface area (Å²) in [5.41, 5.74) is 1.35. The van der Waals surface area contributed by atoms with Gasteiger partial charge in [0.2, 0.25) is 0 Å². The molecule has 0 spiro atoms. The lowest BCUT2D eigenvalue weighted by atomic mass is 9.72. The summed E-state index contributed by atoms with van der Waals surface area (Å²) in [5, 5.41) is 0. The molecule has 0 amide bonds. The highest BCUT2D eigenvalue weighted by Crippen LogP contribution is 2.58. The number of fused-ring (bicyclic) bond motifs is 2. The van der Waals surface area contributed by atoms with Crippen molar-refractivity contribution in [1.29, 1.82) is 0 Å². The van der Waals surface area contributed by atoms with Gasteiger partial charge in [0.25, 0.3) is 0 Å². The first-order valence-corrected chi connectivity index (χ1v) is 5.49. The van der Waals surface area contributed by atoms with E-state index in [4.69, 9.17) is 0 Å². The van der Waals surface area contributed by atoms with Crippen LogP contribution in [0.25, 0.3) is 0 Å². The summed E-state index contributed by atoms with van der Waals surface area (Å²) in [6.07, 6.45) is 9.18. The lowest BCUT2D eigenvalue weighted by Crippen LogP contribution is -2.22. The van der Waals surface area contributed by atoms with E-state index in [1.807, 2.05) is 0 Å². The molecule has 2 aliphatic rings. The van der Waals surface area contributed by atoms with Gasteiger partial charge in [0.05, 0.1) is 0 Å². The van der Waals surface area contributed by atoms with E-state index >= 15 is 0 Å². The third-order valence-corrected chi connectivity index (χ3v) is 3.79. The van der Waals surface area contributed by atoms with Crippen molar-refractivity contribution in [3.8, 4) is 0 Å². The number of hydrogen-bond acceptors (Lipinski definition) is 0. The average Bonchev–Trinajstić information content (AvgIpc) is 2.40. The zero-order chi connectivity index (χ0) is 8.82. The lowest BCUT2D eigenvalue weighted by Gasteiger charge is -2.33. The van der Waals surface area contributed by atoms with Crippen LogP contribution in [0, 0.1) is 16.7 Å². The Balaban J connectivity index is 2.03. The Morgan fingerprint density at radius 2 is 1.75 bits per heavy atom. The Kier molecular flexibility index (Phi) is 1.79. The minimum atomic E-state index is 0.555. The molecule has 0 atom stereocenters. The molecule has 0 aromatic carbocycles. The summed E-state index contributed by atoms with van der Waals surface area (Å²) < 4.78 is 0. The normalized spacial score (nSPS) is 40.8. The van der Waals surface area contributed by atoms with Gasteiger partial charge in [-0.2, -0.15) is 0 Å². The maximum Gasteiger partial charge on any atom is -0.0290 e. The van der Waals surface area contributed by atoms with Crippen molar-refractivity contribution in [1.82, 2.24) is 0 Å². The topological polar surface area (TPSA) is 0 Å². The van der Waals surface area contributed by atoms with Gasteiger partial charge in [-0.3, -0.25) is 0 Å². The van der Waals surface area contributed by atoms with Crippen LogP contribution in [0.15, 0.2) is 0 Å². The largest absolute Gasteiger partial charge is 0.0602 e. The van der Waals surface area contributed by atoms with Crippen LogP contribution in [0.3, 0.4) is 0 Å². The Morgan fingerprint density at radius 3 is 2.08 bits per heavy atom. The minimum Gasteiger partial charge on any atom is -0.0602 e. The predicted molar refractivity (Wildman–Crippen MR) is 53.1 cm³/mol. The molecule has 0 heteroatoms. The second-order valence-corrected chi connectivity index (χ2v) is 6.38. The Morgan fingerprint density at radius 1 is 1.17 bits per heavy atom. The van der Waals surface area contributed by atoms with Crippen molar-refractivity contribution in [2.75, 3.05) is 0 Å². The van der Waals surface area contributed by atoms with Crippen LogP contribution in [0.2, 0.25) is 0 Å². The van der Waals surface area contributed by atoms with Gasteiger partial charge < -0.3 is 0 Å². The molecule has 2 saturated carbocycles. The highest BCUT2D eigenvalue weighted by molar-refractivity contribution is 4.97. The summed E-state index contributed by atoms with van der Waals surface area (Å²) >= 11 is 0. The molecule has 70 valence electrons. The summed E-state index contributed by atoms with van der Waals surface area (Å²) in [6.45, 7) is 7.19. The van der Waals surface area contributed by atoms with Crippen molar-refractivity contribution < 1.29 is 0 Å². The number of rotatable bonds is 1. The fourth-order valence-corrected chi connectivity index (χ4v) is 3.68. The summed E-state index contributed by atoms with van der Waals surface area (Å²) in [4.78, 5) is 0. The highest BCUT2D eigenvalue weighted by Gasteiger charge is 2.46. The lowest BCUT2D eigenvalue weighted by molar-refractivity contribution is 0.177. The maximum atomic E-state index is 2.40. The molecule has 0 nitrogen and oxygen atoms in total. The van der Waals surface area contributed by atoms with E-state index in [0.29, 0.717) is 5.41 Å². The summed E-state index contributed by atoms with van der Waals surface area (Å²) in [7, 11) is 0. The van der Waals surface area contributed by atoms with Crippen LogP contribution in [-0.4, -0.2) is 0 Å². The molecule has 2 aliphatic carbocycles. The van der Waals surface area contributed by atoms with E-state index in [2.05, 4.69) is 20.8 Å². The number of hydrogen-bond donors (Lipinski definition) is 0. The van der Waals surface area contributed by atoms with Crippen LogP contribution in [0.4, 0.5) is 0 Å². The van der Waals surface area contributed by atoms with E-state index in [-0.39, 0.29) is 0 Å². The molecule has 12 heavy (non-hydrogen) atoms. The minimum absolute atomic E-state index is 0.555. The van der Waals surface area contributed by atoms with Crippen molar-refractivity contribution in [2.24, 2.45) is 16.7 Å². The van der Waals surface area contributed by atoms with E-state index < -0.39 is 0 Å². The van der Waals surface area contributed by atoms with Crippen molar-refractivity contribution in [3.63, 3.8) is 0 Å². The third-order valence-electron chi connectivity index (χ3n) is 3.79. The van der Waals surface area contributed by atoms with Gasteiger partial charge in [0.1, 0.15) is 0 Å². The van der Waals surface area contributed by atoms with Gasteiger partial charge in [-0.1, -0.05) is 20.8 Å². The zero-order valence-electron chi connectivity index (χ0n) is 8.82. The molecular weight excluding hydrogens is 144 g/mol. The SMILES string of the molecule is CC(C)(C)CC12CCC(CC1)C2. The van der Waals surface area contributed by atoms with Gasteiger partial charge in [0, 0.05) is 0 Å². The van der Waals surface area contributed by atoms with Crippen molar-refractivity contribution in [3.05, 3.63) is 0 Å². The van der Waals surface area contributed by atoms with Crippen LogP contribution in [0.1, 0.15) is 59.3 Å². The monoisotopic (exact) mass is 166 g/mol. The Labute approximate surface area is 76.7 Å². The van der Waals surface area contributed by atoms with Gasteiger partial charge in [-0.25, -0.2) is 0 Å². The second-order valence-electron chi connectivity index (χ2n) is 6.38. The fourth-order valence-electron chi connectivity index (χ4n) is 3.68. The van der Waals surface area contributed by atoms with Gasteiger partial charge in [-0.15, -0.1) is 0 Å². The molecule has 0 heterocycles. The Bertz CT molecular complexity index is 165. The first-order valence-electron chi connectivity index (χ1n) is 5.49. The highest BCUT2D eigenvalue weighted by atomic mass is 14.5. The maximum absolute atomic E-state index is 2.40. The fraction of sp³-hybridized carbons (Fsp3) is 1.00. The van der Waals surface area contributed by atoms with Crippen LogP contribution >= 0.6 is 0 Å². The summed E-state index contributed by atoms with van der Waals surface area (Å²) in [6, 6.07) is 0.